The number of amides is 1. The van der Waals surface area contributed by atoms with E-state index in [0.29, 0.717) is 29.4 Å². The summed E-state index contributed by atoms with van der Waals surface area (Å²) in [4.78, 5) is 27.1. The minimum Gasteiger partial charge on any atom is -0.491 e. The third-order valence-electron chi connectivity index (χ3n) is 6.51. The van der Waals surface area contributed by atoms with Gasteiger partial charge in [0.25, 0.3) is 0 Å². The third-order valence-corrected chi connectivity index (χ3v) is 6.51. The summed E-state index contributed by atoms with van der Waals surface area (Å²) in [5.74, 6) is 0.814. The molecular formula is C25H19NO6. The number of aromatic carboxylic acids is 1. The van der Waals surface area contributed by atoms with E-state index < -0.39 is 11.4 Å². The molecule has 6 rings (SSSR count). The predicted molar refractivity (Wildman–Crippen MR) is 115 cm³/mol. The fourth-order valence-electron chi connectivity index (χ4n) is 4.97. The first kappa shape index (κ1) is 18.7. The van der Waals surface area contributed by atoms with Crippen LogP contribution < -0.4 is 19.1 Å². The Hall–Kier alpha value is -4.00. The second-order valence-electron chi connectivity index (χ2n) is 8.26. The molecule has 3 aromatic carbocycles. The van der Waals surface area contributed by atoms with E-state index in [2.05, 4.69) is 0 Å². The highest BCUT2D eigenvalue weighted by Crippen LogP contribution is 2.55. The molecule has 7 heteroatoms. The van der Waals surface area contributed by atoms with Gasteiger partial charge in [-0.3, -0.25) is 4.79 Å². The zero-order valence-corrected chi connectivity index (χ0v) is 17.3. The van der Waals surface area contributed by atoms with Crippen LogP contribution in [0.25, 0.3) is 0 Å². The summed E-state index contributed by atoms with van der Waals surface area (Å²) in [7, 11) is 0. The van der Waals surface area contributed by atoms with E-state index in [0.717, 1.165) is 22.4 Å². The maximum Gasteiger partial charge on any atom is 0.335 e. The number of benzene rings is 3. The first-order chi connectivity index (χ1) is 15.5. The summed E-state index contributed by atoms with van der Waals surface area (Å²) in [5, 5.41) is 9.31. The Morgan fingerprint density at radius 2 is 1.78 bits per heavy atom. The number of anilines is 1. The number of ether oxygens (including phenoxy) is 3. The second-order valence-corrected chi connectivity index (χ2v) is 8.26. The van der Waals surface area contributed by atoms with E-state index in [1.165, 1.54) is 0 Å². The molecule has 0 aliphatic carbocycles. The average Bonchev–Trinajstić information content (AvgIpc) is 3.45. The van der Waals surface area contributed by atoms with Crippen LogP contribution in [-0.2, 0) is 16.8 Å². The van der Waals surface area contributed by atoms with Gasteiger partial charge in [0, 0.05) is 17.3 Å². The van der Waals surface area contributed by atoms with Gasteiger partial charge >= 0.3 is 5.97 Å². The van der Waals surface area contributed by atoms with E-state index in [1.54, 1.807) is 30.0 Å². The van der Waals surface area contributed by atoms with E-state index >= 15 is 0 Å². The van der Waals surface area contributed by atoms with Gasteiger partial charge in [-0.25, -0.2) is 4.79 Å². The summed E-state index contributed by atoms with van der Waals surface area (Å²) >= 11 is 0. The molecule has 0 fully saturated rings. The van der Waals surface area contributed by atoms with Crippen molar-refractivity contribution in [1.29, 1.82) is 0 Å². The van der Waals surface area contributed by atoms with E-state index in [1.807, 2.05) is 36.4 Å². The smallest absolute Gasteiger partial charge is 0.335 e. The van der Waals surface area contributed by atoms with Gasteiger partial charge in [-0.15, -0.1) is 0 Å². The molecule has 1 amide bonds. The monoisotopic (exact) mass is 429 g/mol. The Labute approximate surface area is 183 Å². The second kappa shape index (κ2) is 6.50. The van der Waals surface area contributed by atoms with Crippen molar-refractivity contribution >= 4 is 17.6 Å². The number of nitrogens with zero attached hydrogens (tertiary/aromatic N) is 1. The number of hydrogen-bond acceptors (Lipinski definition) is 5. The number of para-hydroxylation sites is 1. The zero-order valence-electron chi connectivity index (χ0n) is 17.3. The number of carbonyl (C=O) groups is 2. The molecule has 32 heavy (non-hydrogen) atoms. The lowest BCUT2D eigenvalue weighted by molar-refractivity contribution is -0.122. The molecule has 0 saturated heterocycles. The van der Waals surface area contributed by atoms with E-state index in [9.17, 15) is 14.7 Å². The number of carbonyl (C=O) groups excluding carboxylic acids is 1. The number of carboxylic acids is 1. The highest BCUT2D eigenvalue weighted by molar-refractivity contribution is 6.11. The Morgan fingerprint density at radius 1 is 1.00 bits per heavy atom. The topological polar surface area (TPSA) is 85.3 Å². The fraction of sp³-hybridized carbons (Fsp3) is 0.200. The van der Waals surface area contributed by atoms with Crippen LogP contribution in [0.3, 0.4) is 0 Å². The molecular weight excluding hydrogens is 410 g/mol. The Kier molecular flexibility index (Phi) is 3.81. The third kappa shape index (κ3) is 2.42. The van der Waals surface area contributed by atoms with Crippen LogP contribution >= 0.6 is 0 Å². The minimum absolute atomic E-state index is 0.0729. The van der Waals surface area contributed by atoms with E-state index in [4.69, 9.17) is 14.2 Å². The highest BCUT2D eigenvalue weighted by Gasteiger charge is 2.57. The van der Waals surface area contributed by atoms with Crippen molar-refractivity contribution in [1.82, 2.24) is 0 Å². The van der Waals surface area contributed by atoms with Crippen molar-refractivity contribution in [3.8, 4) is 17.2 Å². The van der Waals surface area contributed by atoms with Gasteiger partial charge in [-0.2, -0.15) is 0 Å². The van der Waals surface area contributed by atoms with Gasteiger partial charge in [0.15, 0.2) is 11.5 Å². The Balaban J connectivity index is 1.45. The molecule has 3 heterocycles. The van der Waals surface area contributed by atoms with Crippen LogP contribution in [0.5, 0.6) is 17.2 Å². The van der Waals surface area contributed by atoms with Gasteiger partial charge in [0.05, 0.1) is 12.1 Å². The quantitative estimate of drug-likeness (QED) is 0.684. The predicted octanol–water partition coefficient (Wildman–Crippen LogP) is 3.65. The molecule has 1 spiro atoms. The lowest BCUT2D eigenvalue weighted by atomic mass is 9.77. The molecule has 3 aromatic rings. The average molecular weight is 429 g/mol. The van der Waals surface area contributed by atoms with Gasteiger partial charge in [-0.1, -0.05) is 30.3 Å². The zero-order chi connectivity index (χ0) is 22.0. The lowest BCUT2D eigenvalue weighted by Gasteiger charge is -2.23. The van der Waals surface area contributed by atoms with Gasteiger partial charge in [0.1, 0.15) is 17.8 Å². The highest BCUT2D eigenvalue weighted by atomic mass is 16.7. The molecule has 1 unspecified atom stereocenters. The molecule has 160 valence electrons. The van der Waals surface area contributed by atoms with Crippen molar-refractivity contribution in [2.45, 2.75) is 18.9 Å². The summed E-state index contributed by atoms with van der Waals surface area (Å²) in [6.45, 7) is 2.44. The van der Waals surface area contributed by atoms with Gasteiger partial charge < -0.3 is 24.2 Å². The SMILES string of the molecule is Cc1cc(CN2C(=O)C3(COc4cc5c(cc43)OCO5)c3ccccc32)ccc1C(=O)O. The molecule has 1 N–H and O–H groups in total. The van der Waals surface area contributed by atoms with Crippen LogP contribution in [0.2, 0.25) is 0 Å². The van der Waals surface area contributed by atoms with Crippen LogP contribution in [0, 0.1) is 6.92 Å². The molecule has 1 atom stereocenters. The number of rotatable bonds is 3. The molecule has 0 saturated carbocycles. The maximum absolute atomic E-state index is 14.0. The van der Waals surface area contributed by atoms with E-state index in [-0.39, 0.29) is 24.9 Å². The number of hydrogen-bond donors (Lipinski definition) is 1. The molecule has 0 bridgehead atoms. The van der Waals surface area contributed by atoms with Gasteiger partial charge in [0.2, 0.25) is 12.7 Å². The Bertz CT molecular complexity index is 1320. The molecule has 3 aliphatic rings. The Morgan fingerprint density at radius 3 is 2.56 bits per heavy atom. The fourth-order valence-corrected chi connectivity index (χ4v) is 4.97. The van der Waals surface area contributed by atoms with Crippen LogP contribution in [0.15, 0.2) is 54.6 Å². The number of aryl methyl sites for hydroxylation is 1. The van der Waals surface area contributed by atoms with Crippen molar-refractivity contribution in [2.75, 3.05) is 18.3 Å². The molecule has 7 nitrogen and oxygen atoms in total. The number of carboxylic acid groups (broad SMARTS) is 1. The first-order valence-corrected chi connectivity index (χ1v) is 10.3. The van der Waals surface area contributed by atoms with Crippen molar-refractivity contribution in [3.05, 3.63) is 82.4 Å². The standard InChI is InChI=1S/C25H19NO6/c1-14-8-15(6-7-16(14)23(27)28)11-26-19-5-3-2-4-17(19)25(24(26)29)12-30-20-10-22-21(9-18(20)25)31-13-32-22/h2-10H,11-13H2,1H3,(H,27,28). The van der Waals surface area contributed by atoms with Crippen molar-refractivity contribution < 1.29 is 28.9 Å². The lowest BCUT2D eigenvalue weighted by Crippen LogP contribution is -2.42. The first-order valence-electron chi connectivity index (χ1n) is 10.3. The van der Waals surface area contributed by atoms with Gasteiger partial charge in [-0.05, 0) is 41.8 Å². The van der Waals surface area contributed by atoms with Crippen molar-refractivity contribution in [3.63, 3.8) is 0 Å². The number of fused-ring (bicyclic) bond motifs is 5. The normalized spacial score (nSPS) is 19.8. The van der Waals surface area contributed by atoms with Crippen molar-refractivity contribution in [2.24, 2.45) is 0 Å². The minimum atomic E-state index is -0.964. The maximum atomic E-state index is 14.0. The molecule has 3 aliphatic heterocycles. The molecule has 0 radical (unpaired) electrons. The van der Waals surface area contributed by atoms with Crippen LogP contribution in [0.4, 0.5) is 5.69 Å². The van der Waals surface area contributed by atoms with Crippen LogP contribution in [-0.4, -0.2) is 30.4 Å². The summed E-state index contributed by atoms with van der Waals surface area (Å²) in [6, 6.07) is 16.6. The summed E-state index contributed by atoms with van der Waals surface area (Å²) < 4.78 is 17.0. The molecule has 0 aromatic heterocycles. The summed E-state index contributed by atoms with van der Waals surface area (Å²) in [6.07, 6.45) is 0. The largest absolute Gasteiger partial charge is 0.491 e. The summed E-state index contributed by atoms with van der Waals surface area (Å²) in [5.41, 5.74) is 3.31. The van der Waals surface area contributed by atoms with Crippen LogP contribution in [0.1, 0.15) is 32.6 Å².